The summed E-state index contributed by atoms with van der Waals surface area (Å²) in [5.41, 5.74) is 2.77. The molecule has 0 radical (unpaired) electrons. The van der Waals surface area contributed by atoms with Crippen molar-refractivity contribution in [1.29, 1.82) is 0 Å². The van der Waals surface area contributed by atoms with Crippen LogP contribution in [-0.2, 0) is 16.1 Å². The molecule has 25 heavy (non-hydrogen) atoms. The number of nitrogens with zero attached hydrogens (tertiary/aromatic N) is 1. The van der Waals surface area contributed by atoms with Crippen LogP contribution in [-0.4, -0.2) is 23.3 Å². The standard InChI is InChI=1S/C19H18Cl2N2O2/c1-12-4-2-3-5-13(12)10-23-11-14(6-18(23)24)19(25)22-17-8-15(20)7-16(21)9-17/h2-5,7-9,14H,6,10-11H2,1H3,(H,22,25). The molecule has 0 aliphatic carbocycles. The number of benzene rings is 2. The van der Waals surface area contributed by atoms with Crippen molar-refractivity contribution in [2.75, 3.05) is 11.9 Å². The summed E-state index contributed by atoms with van der Waals surface area (Å²) in [6, 6.07) is 12.8. The number of amides is 2. The molecule has 1 N–H and O–H groups in total. The first-order chi connectivity index (χ1) is 11.9. The van der Waals surface area contributed by atoms with E-state index in [2.05, 4.69) is 5.32 Å². The SMILES string of the molecule is Cc1ccccc1CN1CC(C(=O)Nc2cc(Cl)cc(Cl)c2)CC1=O. The van der Waals surface area contributed by atoms with E-state index in [1.807, 2.05) is 31.2 Å². The average molecular weight is 377 g/mol. The number of aryl methyl sites for hydroxylation is 1. The van der Waals surface area contributed by atoms with Crippen molar-refractivity contribution in [1.82, 2.24) is 4.90 Å². The summed E-state index contributed by atoms with van der Waals surface area (Å²) in [5.74, 6) is -0.583. The van der Waals surface area contributed by atoms with E-state index in [-0.39, 0.29) is 24.2 Å². The minimum Gasteiger partial charge on any atom is -0.338 e. The third kappa shape index (κ3) is 4.33. The molecule has 2 amide bonds. The number of hydrogen-bond acceptors (Lipinski definition) is 2. The van der Waals surface area contributed by atoms with Crippen molar-refractivity contribution in [2.24, 2.45) is 5.92 Å². The van der Waals surface area contributed by atoms with Gasteiger partial charge in [-0.15, -0.1) is 0 Å². The first-order valence-electron chi connectivity index (χ1n) is 8.01. The second-order valence-electron chi connectivity index (χ2n) is 6.25. The lowest BCUT2D eigenvalue weighted by Crippen LogP contribution is -2.28. The van der Waals surface area contributed by atoms with Crippen molar-refractivity contribution in [3.8, 4) is 0 Å². The minimum absolute atomic E-state index is 0.00692. The Labute approximate surface area is 156 Å². The smallest absolute Gasteiger partial charge is 0.229 e. The fraction of sp³-hybridized carbons (Fsp3) is 0.263. The average Bonchev–Trinajstić information content (AvgIpc) is 2.90. The molecule has 0 aromatic heterocycles. The van der Waals surface area contributed by atoms with E-state index in [0.717, 1.165) is 11.1 Å². The molecule has 1 aliphatic rings. The van der Waals surface area contributed by atoms with Crippen molar-refractivity contribution in [3.05, 3.63) is 63.6 Å². The zero-order chi connectivity index (χ0) is 18.0. The molecule has 2 aromatic carbocycles. The third-order valence-electron chi connectivity index (χ3n) is 4.34. The van der Waals surface area contributed by atoms with E-state index in [0.29, 0.717) is 28.8 Å². The summed E-state index contributed by atoms with van der Waals surface area (Å²) < 4.78 is 0. The molecule has 1 heterocycles. The Morgan fingerprint density at radius 3 is 2.56 bits per heavy atom. The second kappa shape index (κ2) is 7.46. The molecule has 4 nitrogen and oxygen atoms in total. The Morgan fingerprint density at radius 1 is 1.20 bits per heavy atom. The van der Waals surface area contributed by atoms with Crippen LogP contribution in [0.4, 0.5) is 5.69 Å². The fourth-order valence-electron chi connectivity index (χ4n) is 2.96. The third-order valence-corrected chi connectivity index (χ3v) is 4.77. The highest BCUT2D eigenvalue weighted by molar-refractivity contribution is 6.35. The number of hydrogen-bond donors (Lipinski definition) is 1. The lowest BCUT2D eigenvalue weighted by molar-refractivity contribution is -0.128. The van der Waals surface area contributed by atoms with E-state index < -0.39 is 0 Å². The lowest BCUT2D eigenvalue weighted by atomic mass is 10.1. The lowest BCUT2D eigenvalue weighted by Gasteiger charge is -2.18. The predicted molar refractivity (Wildman–Crippen MR) is 99.8 cm³/mol. The molecule has 1 unspecified atom stereocenters. The zero-order valence-corrected chi connectivity index (χ0v) is 15.3. The fourth-order valence-corrected chi connectivity index (χ4v) is 3.49. The van der Waals surface area contributed by atoms with E-state index in [4.69, 9.17) is 23.2 Å². The van der Waals surface area contributed by atoms with Crippen LogP contribution in [0, 0.1) is 12.8 Å². The van der Waals surface area contributed by atoms with Crippen LogP contribution in [0.3, 0.4) is 0 Å². The maximum atomic E-state index is 12.5. The van der Waals surface area contributed by atoms with Gasteiger partial charge in [-0.25, -0.2) is 0 Å². The molecule has 6 heteroatoms. The first-order valence-corrected chi connectivity index (χ1v) is 8.77. The number of carbonyl (C=O) groups excluding carboxylic acids is 2. The molecule has 0 saturated carbocycles. The monoisotopic (exact) mass is 376 g/mol. The molecule has 1 atom stereocenters. The zero-order valence-electron chi connectivity index (χ0n) is 13.8. The van der Waals surface area contributed by atoms with Gasteiger partial charge in [0.15, 0.2) is 0 Å². The molecule has 130 valence electrons. The van der Waals surface area contributed by atoms with Crippen LogP contribution in [0.15, 0.2) is 42.5 Å². The number of anilines is 1. The van der Waals surface area contributed by atoms with E-state index in [1.54, 1.807) is 23.1 Å². The van der Waals surface area contributed by atoms with Crippen molar-refractivity contribution < 1.29 is 9.59 Å². The maximum absolute atomic E-state index is 12.5. The molecule has 3 rings (SSSR count). The molecule has 0 spiro atoms. The number of nitrogens with one attached hydrogen (secondary N) is 1. The van der Waals surface area contributed by atoms with Gasteiger partial charge in [-0.2, -0.15) is 0 Å². The second-order valence-corrected chi connectivity index (χ2v) is 7.12. The maximum Gasteiger partial charge on any atom is 0.229 e. The van der Waals surface area contributed by atoms with Gasteiger partial charge in [0.1, 0.15) is 0 Å². The largest absolute Gasteiger partial charge is 0.338 e. The molecular formula is C19H18Cl2N2O2. The molecule has 1 saturated heterocycles. The van der Waals surface area contributed by atoms with Crippen molar-refractivity contribution in [2.45, 2.75) is 19.9 Å². The van der Waals surface area contributed by atoms with Crippen LogP contribution in [0.25, 0.3) is 0 Å². The Bertz CT molecular complexity index is 803. The van der Waals surface area contributed by atoms with Crippen LogP contribution in [0.2, 0.25) is 10.0 Å². The molecule has 1 aliphatic heterocycles. The molecule has 1 fully saturated rings. The molecule has 0 bridgehead atoms. The van der Waals surface area contributed by atoms with Gasteiger partial charge < -0.3 is 10.2 Å². The topological polar surface area (TPSA) is 49.4 Å². The highest BCUT2D eigenvalue weighted by Crippen LogP contribution is 2.25. The summed E-state index contributed by atoms with van der Waals surface area (Å²) in [6.45, 7) is 2.95. The van der Waals surface area contributed by atoms with Gasteiger partial charge in [0.25, 0.3) is 0 Å². The molecule has 2 aromatic rings. The normalized spacial score (nSPS) is 17.0. The van der Waals surface area contributed by atoms with Crippen LogP contribution >= 0.6 is 23.2 Å². The summed E-state index contributed by atoms with van der Waals surface area (Å²) in [7, 11) is 0. The van der Waals surface area contributed by atoms with Crippen LogP contribution < -0.4 is 5.32 Å². The number of carbonyl (C=O) groups is 2. The van der Waals surface area contributed by atoms with Crippen LogP contribution in [0.1, 0.15) is 17.5 Å². The molecular weight excluding hydrogens is 359 g/mol. The number of rotatable bonds is 4. The first kappa shape index (κ1) is 17.8. The van der Waals surface area contributed by atoms with Gasteiger partial charge in [-0.05, 0) is 36.2 Å². The quantitative estimate of drug-likeness (QED) is 0.864. The van der Waals surface area contributed by atoms with Gasteiger partial charge >= 0.3 is 0 Å². The summed E-state index contributed by atoms with van der Waals surface area (Å²) >= 11 is 11.9. The van der Waals surface area contributed by atoms with Gasteiger partial charge in [-0.3, -0.25) is 9.59 Å². The van der Waals surface area contributed by atoms with Crippen molar-refractivity contribution in [3.63, 3.8) is 0 Å². The number of halogens is 2. The number of likely N-dealkylation sites (tertiary alicyclic amines) is 1. The highest BCUT2D eigenvalue weighted by Gasteiger charge is 2.34. The van der Waals surface area contributed by atoms with Gasteiger partial charge in [0, 0.05) is 35.2 Å². The predicted octanol–water partition coefficient (Wildman–Crippen LogP) is 4.29. The van der Waals surface area contributed by atoms with Gasteiger partial charge in [-0.1, -0.05) is 47.5 Å². The minimum atomic E-state index is -0.380. The summed E-state index contributed by atoms with van der Waals surface area (Å²) in [5, 5.41) is 3.70. The Morgan fingerprint density at radius 2 is 1.88 bits per heavy atom. The summed E-state index contributed by atoms with van der Waals surface area (Å²) in [6.07, 6.45) is 0.214. The van der Waals surface area contributed by atoms with E-state index in [9.17, 15) is 9.59 Å². The Kier molecular flexibility index (Phi) is 5.30. The van der Waals surface area contributed by atoms with E-state index >= 15 is 0 Å². The van der Waals surface area contributed by atoms with Gasteiger partial charge in [0.2, 0.25) is 11.8 Å². The van der Waals surface area contributed by atoms with Crippen molar-refractivity contribution >= 4 is 40.7 Å². The Hall–Kier alpha value is -2.04. The van der Waals surface area contributed by atoms with E-state index in [1.165, 1.54) is 0 Å². The highest BCUT2D eigenvalue weighted by atomic mass is 35.5. The van der Waals surface area contributed by atoms with Crippen LogP contribution in [0.5, 0.6) is 0 Å². The summed E-state index contributed by atoms with van der Waals surface area (Å²) in [4.78, 5) is 26.5. The Balaban J connectivity index is 1.65. The van der Waals surface area contributed by atoms with Gasteiger partial charge in [0.05, 0.1) is 5.92 Å².